The Morgan fingerprint density at radius 3 is 2.91 bits per heavy atom. The fourth-order valence-corrected chi connectivity index (χ4v) is 2.95. The summed E-state index contributed by atoms with van der Waals surface area (Å²) in [7, 11) is 0. The largest absolute Gasteiger partial charge is 0.381 e. The highest BCUT2D eigenvalue weighted by Crippen LogP contribution is 2.27. The molecule has 2 aromatic heterocycles. The van der Waals surface area contributed by atoms with Gasteiger partial charge < -0.3 is 15.8 Å². The molecular formula is C16H25N5O. The molecule has 3 N–H and O–H groups in total. The van der Waals surface area contributed by atoms with Crippen molar-refractivity contribution in [1.82, 2.24) is 14.6 Å². The summed E-state index contributed by atoms with van der Waals surface area (Å²) in [4.78, 5) is 4.75. The number of nitrogens with two attached hydrogens (primary N) is 1. The summed E-state index contributed by atoms with van der Waals surface area (Å²) in [6.07, 6.45) is 4.14. The van der Waals surface area contributed by atoms with Crippen LogP contribution in [0.1, 0.15) is 43.5 Å². The number of hydrogen-bond donors (Lipinski definition) is 2. The second-order valence-corrected chi connectivity index (χ2v) is 5.82. The van der Waals surface area contributed by atoms with Crippen LogP contribution in [-0.4, -0.2) is 40.9 Å². The third kappa shape index (κ3) is 3.23. The number of aryl methyl sites for hydroxylation is 1. The van der Waals surface area contributed by atoms with E-state index < -0.39 is 0 Å². The lowest BCUT2D eigenvalue weighted by atomic mass is 9.97. The van der Waals surface area contributed by atoms with Gasteiger partial charge in [-0.15, -0.1) is 0 Å². The number of hydrogen-bond acceptors (Lipinski definition) is 5. The molecule has 0 radical (unpaired) electrons. The van der Waals surface area contributed by atoms with Gasteiger partial charge in [-0.05, 0) is 19.3 Å². The van der Waals surface area contributed by atoms with Gasteiger partial charge in [0.1, 0.15) is 5.82 Å². The van der Waals surface area contributed by atoms with Gasteiger partial charge in [-0.3, -0.25) is 0 Å². The van der Waals surface area contributed by atoms with Crippen molar-refractivity contribution in [1.29, 1.82) is 0 Å². The monoisotopic (exact) mass is 303 g/mol. The lowest BCUT2D eigenvalue weighted by Crippen LogP contribution is -2.16. The Kier molecular flexibility index (Phi) is 4.90. The van der Waals surface area contributed by atoms with Gasteiger partial charge in [0.05, 0.1) is 5.69 Å². The van der Waals surface area contributed by atoms with Gasteiger partial charge in [0.15, 0.2) is 5.65 Å². The van der Waals surface area contributed by atoms with Crippen molar-refractivity contribution < 1.29 is 4.74 Å². The van der Waals surface area contributed by atoms with Gasteiger partial charge in [-0.25, -0.2) is 4.98 Å². The molecule has 120 valence electrons. The molecule has 2 aromatic rings. The van der Waals surface area contributed by atoms with Gasteiger partial charge >= 0.3 is 0 Å². The second-order valence-electron chi connectivity index (χ2n) is 5.82. The molecular weight excluding hydrogens is 278 g/mol. The van der Waals surface area contributed by atoms with Crippen molar-refractivity contribution in [3.05, 3.63) is 23.5 Å². The molecule has 0 amide bonds. The molecule has 3 rings (SSSR count). The molecule has 6 heteroatoms. The van der Waals surface area contributed by atoms with Gasteiger partial charge in [0, 0.05) is 50.0 Å². The first-order valence-corrected chi connectivity index (χ1v) is 8.23. The third-order valence-corrected chi connectivity index (χ3v) is 4.10. The van der Waals surface area contributed by atoms with E-state index in [0.29, 0.717) is 12.5 Å². The van der Waals surface area contributed by atoms with Crippen molar-refractivity contribution >= 4 is 11.5 Å². The first kappa shape index (κ1) is 15.2. The average molecular weight is 303 g/mol. The van der Waals surface area contributed by atoms with E-state index in [1.807, 2.05) is 4.52 Å². The molecule has 0 bridgehead atoms. The Morgan fingerprint density at radius 1 is 1.36 bits per heavy atom. The van der Waals surface area contributed by atoms with Crippen molar-refractivity contribution in [3.63, 3.8) is 0 Å². The summed E-state index contributed by atoms with van der Waals surface area (Å²) in [6, 6.07) is 4.22. The fraction of sp³-hybridized carbons (Fsp3) is 0.625. The molecule has 0 aromatic carbocycles. The van der Waals surface area contributed by atoms with Crippen LogP contribution in [0, 0.1) is 0 Å². The molecule has 1 fully saturated rings. The molecule has 6 nitrogen and oxygen atoms in total. The lowest BCUT2D eigenvalue weighted by molar-refractivity contribution is 0.0844. The zero-order valence-electron chi connectivity index (χ0n) is 13.2. The predicted octanol–water partition coefficient (Wildman–Crippen LogP) is 1.95. The number of aromatic nitrogens is 3. The molecule has 0 aliphatic carbocycles. The van der Waals surface area contributed by atoms with E-state index in [4.69, 9.17) is 20.6 Å². The van der Waals surface area contributed by atoms with Crippen molar-refractivity contribution in [2.24, 2.45) is 5.73 Å². The van der Waals surface area contributed by atoms with Crippen LogP contribution in [0.2, 0.25) is 0 Å². The highest BCUT2D eigenvalue weighted by molar-refractivity contribution is 5.51. The van der Waals surface area contributed by atoms with Crippen molar-refractivity contribution in [2.75, 3.05) is 31.6 Å². The summed E-state index contributed by atoms with van der Waals surface area (Å²) in [6.45, 7) is 5.15. The number of nitrogens with zero attached hydrogens (tertiary/aromatic N) is 3. The van der Waals surface area contributed by atoms with Crippen LogP contribution in [-0.2, 0) is 11.2 Å². The molecule has 0 spiro atoms. The minimum atomic E-state index is 0.479. The van der Waals surface area contributed by atoms with Crippen LogP contribution in [0.5, 0.6) is 0 Å². The molecule has 1 aliphatic rings. The summed E-state index contributed by atoms with van der Waals surface area (Å²) in [5, 5.41) is 8.15. The summed E-state index contributed by atoms with van der Waals surface area (Å²) in [5.74, 6) is 1.46. The Bertz CT molecular complexity index is 618. The fourth-order valence-electron chi connectivity index (χ4n) is 2.95. The van der Waals surface area contributed by atoms with E-state index >= 15 is 0 Å². The highest BCUT2D eigenvalue weighted by atomic mass is 16.5. The Morgan fingerprint density at radius 2 is 2.18 bits per heavy atom. The summed E-state index contributed by atoms with van der Waals surface area (Å²) in [5.41, 5.74) is 8.77. The van der Waals surface area contributed by atoms with Gasteiger partial charge in [-0.1, -0.05) is 13.3 Å². The molecule has 0 unspecified atom stereocenters. The number of anilines is 1. The number of fused-ring (bicyclic) bond motifs is 1. The number of rotatable bonds is 6. The first-order chi connectivity index (χ1) is 10.8. The smallest absolute Gasteiger partial charge is 0.157 e. The first-order valence-electron chi connectivity index (χ1n) is 8.23. The van der Waals surface area contributed by atoms with E-state index in [9.17, 15) is 0 Å². The zero-order valence-corrected chi connectivity index (χ0v) is 13.2. The minimum Gasteiger partial charge on any atom is -0.381 e. The SMILES string of the molecule is CCCc1cc(NCCN)n2nc(C3CCOCC3)cc2n1. The van der Waals surface area contributed by atoms with E-state index in [1.165, 1.54) is 0 Å². The summed E-state index contributed by atoms with van der Waals surface area (Å²) < 4.78 is 7.36. The Labute approximate surface area is 131 Å². The molecule has 0 saturated carbocycles. The minimum absolute atomic E-state index is 0.479. The quantitative estimate of drug-likeness (QED) is 0.853. The van der Waals surface area contributed by atoms with E-state index in [2.05, 4.69) is 24.4 Å². The average Bonchev–Trinajstić information content (AvgIpc) is 2.98. The van der Waals surface area contributed by atoms with Gasteiger partial charge in [0.25, 0.3) is 0 Å². The second kappa shape index (κ2) is 7.07. The third-order valence-electron chi connectivity index (χ3n) is 4.10. The number of nitrogens with one attached hydrogen (secondary N) is 1. The highest BCUT2D eigenvalue weighted by Gasteiger charge is 2.20. The normalized spacial score (nSPS) is 16.3. The van der Waals surface area contributed by atoms with Crippen LogP contribution in [0.25, 0.3) is 5.65 Å². The zero-order chi connectivity index (χ0) is 15.4. The molecule has 1 aliphatic heterocycles. The maximum absolute atomic E-state index is 5.62. The Balaban J connectivity index is 1.96. The molecule has 3 heterocycles. The Hall–Kier alpha value is -1.66. The van der Waals surface area contributed by atoms with E-state index in [0.717, 1.165) is 68.3 Å². The standard InChI is InChI=1S/C16H25N5O/c1-2-3-13-10-15(18-7-6-17)21-16(19-13)11-14(20-21)12-4-8-22-9-5-12/h10-12,18H,2-9,17H2,1H3. The van der Waals surface area contributed by atoms with Crippen LogP contribution in [0.4, 0.5) is 5.82 Å². The maximum Gasteiger partial charge on any atom is 0.157 e. The van der Waals surface area contributed by atoms with Gasteiger partial charge in [0.2, 0.25) is 0 Å². The van der Waals surface area contributed by atoms with Gasteiger partial charge in [-0.2, -0.15) is 9.61 Å². The van der Waals surface area contributed by atoms with Crippen LogP contribution < -0.4 is 11.1 Å². The lowest BCUT2D eigenvalue weighted by Gasteiger charge is -2.19. The molecule has 0 atom stereocenters. The van der Waals surface area contributed by atoms with Crippen molar-refractivity contribution in [3.8, 4) is 0 Å². The van der Waals surface area contributed by atoms with Crippen LogP contribution in [0.15, 0.2) is 12.1 Å². The van der Waals surface area contributed by atoms with Crippen molar-refractivity contribution in [2.45, 2.75) is 38.5 Å². The topological polar surface area (TPSA) is 77.5 Å². The van der Waals surface area contributed by atoms with Crippen LogP contribution in [0.3, 0.4) is 0 Å². The number of ether oxygens (including phenoxy) is 1. The molecule has 22 heavy (non-hydrogen) atoms. The predicted molar refractivity (Wildman–Crippen MR) is 87.3 cm³/mol. The van der Waals surface area contributed by atoms with E-state index in [1.54, 1.807) is 0 Å². The molecule has 1 saturated heterocycles. The maximum atomic E-state index is 5.62. The van der Waals surface area contributed by atoms with E-state index in [-0.39, 0.29) is 0 Å². The summed E-state index contributed by atoms with van der Waals surface area (Å²) >= 11 is 0. The van der Waals surface area contributed by atoms with Crippen LogP contribution >= 0.6 is 0 Å².